The number of ether oxygens (including phenoxy) is 1. The number of para-hydroxylation sites is 1. The highest BCUT2D eigenvalue weighted by molar-refractivity contribution is 8.13. The van der Waals surface area contributed by atoms with Crippen molar-refractivity contribution < 1.29 is 22.9 Å². The summed E-state index contributed by atoms with van der Waals surface area (Å²) in [4.78, 5) is 20.3. The van der Waals surface area contributed by atoms with Gasteiger partial charge in [-0.05, 0) is 12.1 Å². The number of nitro groups is 1. The van der Waals surface area contributed by atoms with Gasteiger partial charge in [-0.3, -0.25) is 10.1 Å². The van der Waals surface area contributed by atoms with Crippen molar-refractivity contribution >= 4 is 31.4 Å². The maximum absolute atomic E-state index is 11.3. The molecule has 0 amide bonds. The molecule has 0 aliphatic heterocycles. The van der Waals surface area contributed by atoms with Crippen LogP contribution in [0.4, 0.5) is 5.69 Å². The van der Waals surface area contributed by atoms with E-state index in [1.807, 2.05) is 0 Å². The number of esters is 1. The average molecular weight is 280 g/mol. The van der Waals surface area contributed by atoms with Crippen LogP contribution < -0.4 is 0 Å². The molecule has 0 heterocycles. The Labute approximate surface area is 101 Å². The largest absolute Gasteiger partial charge is 0.465 e. The zero-order valence-corrected chi connectivity index (χ0v) is 9.99. The smallest absolute Gasteiger partial charge is 0.344 e. The van der Waals surface area contributed by atoms with Crippen LogP contribution in [0.5, 0.6) is 0 Å². The van der Waals surface area contributed by atoms with Gasteiger partial charge in [0.1, 0.15) is 5.56 Å². The van der Waals surface area contributed by atoms with Gasteiger partial charge >= 0.3 is 11.7 Å². The number of hydrogen-bond acceptors (Lipinski definition) is 6. The molecule has 92 valence electrons. The standard InChI is InChI=1S/C8H6ClNO6S/c1-16-8(11)5-3-2-4-6(17(9,14)15)7(5)10(12)13/h2-4H,1H3. The fourth-order valence-electron chi connectivity index (χ4n) is 1.18. The SMILES string of the molecule is COC(=O)c1cccc(S(=O)(=O)Cl)c1[N+](=O)[O-]. The number of nitrogens with zero attached hydrogens (tertiary/aromatic N) is 1. The number of nitro benzene ring substituents is 1. The van der Waals surface area contributed by atoms with Gasteiger partial charge in [-0.1, -0.05) is 6.07 Å². The molecule has 0 saturated carbocycles. The number of halogens is 1. The van der Waals surface area contributed by atoms with Gasteiger partial charge in [0.2, 0.25) is 0 Å². The van der Waals surface area contributed by atoms with Crippen molar-refractivity contribution in [2.45, 2.75) is 4.90 Å². The molecule has 0 aromatic heterocycles. The predicted molar refractivity (Wildman–Crippen MR) is 57.5 cm³/mol. The van der Waals surface area contributed by atoms with Gasteiger partial charge in [0.05, 0.1) is 12.0 Å². The molecular weight excluding hydrogens is 274 g/mol. The van der Waals surface area contributed by atoms with Crippen molar-refractivity contribution in [1.82, 2.24) is 0 Å². The Morgan fingerprint density at radius 3 is 2.47 bits per heavy atom. The van der Waals surface area contributed by atoms with Crippen LogP contribution in [0.15, 0.2) is 23.1 Å². The van der Waals surface area contributed by atoms with E-state index in [1.165, 1.54) is 0 Å². The first-order valence-corrected chi connectivity index (χ1v) is 6.40. The third-order valence-corrected chi connectivity index (χ3v) is 3.20. The highest BCUT2D eigenvalue weighted by atomic mass is 35.7. The van der Waals surface area contributed by atoms with Crippen LogP contribution in [-0.4, -0.2) is 26.4 Å². The summed E-state index contributed by atoms with van der Waals surface area (Å²) in [6.45, 7) is 0. The predicted octanol–water partition coefficient (Wildman–Crippen LogP) is 1.31. The second kappa shape index (κ2) is 4.68. The van der Waals surface area contributed by atoms with E-state index in [-0.39, 0.29) is 0 Å². The van der Waals surface area contributed by atoms with Crippen LogP contribution in [-0.2, 0) is 13.8 Å². The summed E-state index contributed by atoms with van der Waals surface area (Å²) in [5.41, 5.74) is -1.37. The molecule has 0 unspecified atom stereocenters. The molecule has 17 heavy (non-hydrogen) atoms. The molecule has 0 bridgehead atoms. The van der Waals surface area contributed by atoms with Gasteiger partial charge in [0.25, 0.3) is 9.05 Å². The fourth-order valence-corrected chi connectivity index (χ4v) is 2.21. The Kier molecular flexibility index (Phi) is 3.69. The number of hydrogen-bond donors (Lipinski definition) is 0. The first kappa shape index (κ1) is 13.4. The third-order valence-electron chi connectivity index (χ3n) is 1.85. The summed E-state index contributed by atoms with van der Waals surface area (Å²) in [5.74, 6) is -1.01. The van der Waals surface area contributed by atoms with Gasteiger partial charge in [-0.2, -0.15) is 0 Å². The van der Waals surface area contributed by atoms with E-state index in [1.54, 1.807) is 0 Å². The molecule has 0 aliphatic rings. The molecule has 1 aromatic carbocycles. The van der Waals surface area contributed by atoms with Crippen molar-refractivity contribution in [3.05, 3.63) is 33.9 Å². The third kappa shape index (κ3) is 2.71. The molecular formula is C8H6ClNO6S. The van der Waals surface area contributed by atoms with Crippen LogP contribution in [0.1, 0.15) is 10.4 Å². The minimum Gasteiger partial charge on any atom is -0.465 e. The Morgan fingerprint density at radius 2 is 2.06 bits per heavy atom. The molecule has 0 atom stereocenters. The summed E-state index contributed by atoms with van der Waals surface area (Å²) in [7, 11) is 1.75. The maximum atomic E-state index is 11.3. The summed E-state index contributed by atoms with van der Waals surface area (Å²) >= 11 is 0. The molecule has 0 spiro atoms. The second-order valence-electron chi connectivity index (χ2n) is 2.84. The molecule has 0 N–H and O–H groups in total. The van der Waals surface area contributed by atoms with Gasteiger partial charge in [-0.25, -0.2) is 13.2 Å². The number of methoxy groups -OCH3 is 1. The van der Waals surface area contributed by atoms with Gasteiger partial charge in [0.15, 0.2) is 4.90 Å². The lowest BCUT2D eigenvalue weighted by atomic mass is 10.2. The minimum absolute atomic E-state index is 0.473. The van der Waals surface area contributed by atoms with Crippen molar-refractivity contribution in [3.8, 4) is 0 Å². The van der Waals surface area contributed by atoms with E-state index < -0.39 is 36.1 Å². The lowest BCUT2D eigenvalue weighted by Gasteiger charge is -2.03. The number of carbonyl (C=O) groups excluding carboxylic acids is 1. The fraction of sp³-hybridized carbons (Fsp3) is 0.125. The van der Waals surface area contributed by atoms with E-state index in [0.29, 0.717) is 0 Å². The first-order chi connectivity index (χ1) is 7.79. The van der Waals surface area contributed by atoms with Crippen LogP contribution in [0.3, 0.4) is 0 Å². The molecule has 0 radical (unpaired) electrons. The molecule has 7 nitrogen and oxygen atoms in total. The van der Waals surface area contributed by atoms with E-state index in [0.717, 1.165) is 25.3 Å². The normalized spacial score (nSPS) is 10.9. The van der Waals surface area contributed by atoms with E-state index in [9.17, 15) is 23.3 Å². The van der Waals surface area contributed by atoms with Crippen LogP contribution in [0.25, 0.3) is 0 Å². The Balaban J connectivity index is 3.66. The highest BCUT2D eigenvalue weighted by Crippen LogP contribution is 2.30. The zero-order chi connectivity index (χ0) is 13.2. The summed E-state index contributed by atoms with van der Waals surface area (Å²) in [6, 6.07) is 3.18. The van der Waals surface area contributed by atoms with E-state index in [4.69, 9.17) is 10.7 Å². The molecule has 1 rings (SSSR count). The summed E-state index contributed by atoms with van der Waals surface area (Å²) in [5, 5.41) is 10.8. The summed E-state index contributed by atoms with van der Waals surface area (Å²) in [6.07, 6.45) is 0. The molecule has 1 aromatic rings. The van der Waals surface area contributed by atoms with Crippen LogP contribution in [0.2, 0.25) is 0 Å². The highest BCUT2D eigenvalue weighted by Gasteiger charge is 2.30. The van der Waals surface area contributed by atoms with Crippen molar-refractivity contribution in [2.24, 2.45) is 0 Å². The number of rotatable bonds is 3. The van der Waals surface area contributed by atoms with Crippen LogP contribution >= 0.6 is 10.7 Å². The second-order valence-corrected chi connectivity index (χ2v) is 5.37. The lowest BCUT2D eigenvalue weighted by molar-refractivity contribution is -0.388. The molecule has 0 saturated heterocycles. The lowest BCUT2D eigenvalue weighted by Crippen LogP contribution is -2.09. The van der Waals surface area contributed by atoms with Crippen molar-refractivity contribution in [3.63, 3.8) is 0 Å². The van der Waals surface area contributed by atoms with Crippen molar-refractivity contribution in [2.75, 3.05) is 7.11 Å². The Bertz CT molecular complexity index is 582. The molecule has 9 heteroatoms. The van der Waals surface area contributed by atoms with E-state index in [2.05, 4.69) is 4.74 Å². The Hall–Kier alpha value is -1.67. The van der Waals surface area contributed by atoms with Gasteiger partial charge < -0.3 is 4.74 Å². The van der Waals surface area contributed by atoms with Gasteiger partial charge in [-0.15, -0.1) is 0 Å². The van der Waals surface area contributed by atoms with Crippen LogP contribution in [0, 0.1) is 10.1 Å². The monoisotopic (exact) mass is 279 g/mol. The average Bonchev–Trinajstić information content (AvgIpc) is 2.25. The topological polar surface area (TPSA) is 104 Å². The molecule has 0 aliphatic carbocycles. The summed E-state index contributed by atoms with van der Waals surface area (Å²) < 4.78 is 26.6. The maximum Gasteiger partial charge on any atom is 0.344 e. The number of carbonyl (C=O) groups is 1. The zero-order valence-electron chi connectivity index (χ0n) is 8.41. The minimum atomic E-state index is -4.32. The van der Waals surface area contributed by atoms with Crippen molar-refractivity contribution in [1.29, 1.82) is 0 Å². The number of benzene rings is 1. The molecule has 0 fully saturated rings. The quantitative estimate of drug-likeness (QED) is 0.357. The van der Waals surface area contributed by atoms with Gasteiger partial charge in [0, 0.05) is 10.7 Å². The Morgan fingerprint density at radius 1 is 1.47 bits per heavy atom. The van der Waals surface area contributed by atoms with E-state index >= 15 is 0 Å². The first-order valence-electron chi connectivity index (χ1n) is 4.09.